The summed E-state index contributed by atoms with van der Waals surface area (Å²) in [5, 5.41) is 15.5. The molecule has 1 N–H and O–H groups in total. The Bertz CT molecular complexity index is 447. The van der Waals surface area contributed by atoms with E-state index in [1.54, 1.807) is 5.38 Å². The summed E-state index contributed by atoms with van der Waals surface area (Å²) in [7, 11) is 1.36. The highest BCUT2D eigenvalue weighted by Crippen LogP contribution is 2.22. The highest BCUT2D eigenvalue weighted by molar-refractivity contribution is 7.13. The molecule has 0 aliphatic heterocycles. The number of carbonyl (C=O) groups is 1. The summed E-state index contributed by atoms with van der Waals surface area (Å²) in [4.78, 5) is 21.8. The lowest BCUT2D eigenvalue weighted by molar-refractivity contribution is -0.380. The number of hydrogen-bond acceptors (Lipinski definition) is 6. The number of ether oxygens (including phenoxy) is 1. The predicted molar refractivity (Wildman–Crippen MR) is 73.1 cm³/mol. The number of nitro groups is 1. The van der Waals surface area contributed by atoms with Gasteiger partial charge in [-0.3, -0.25) is 14.9 Å². The number of methoxy groups -OCH3 is 1. The molecule has 0 aliphatic carbocycles. The van der Waals surface area contributed by atoms with Crippen molar-refractivity contribution >= 4 is 22.3 Å². The lowest BCUT2D eigenvalue weighted by Gasteiger charge is -2.21. The number of thiophene rings is 1. The Morgan fingerprint density at radius 1 is 1.63 bits per heavy atom. The Hall–Kier alpha value is -1.47. The largest absolute Gasteiger partial charge is 0.468 e. The summed E-state index contributed by atoms with van der Waals surface area (Å²) in [6.07, 6.45) is 0.844. The van der Waals surface area contributed by atoms with Crippen molar-refractivity contribution in [3.8, 4) is 0 Å². The number of esters is 1. The quantitative estimate of drug-likeness (QED) is 0.472. The molecule has 7 heteroatoms. The second-order valence-electron chi connectivity index (χ2n) is 4.32. The molecule has 2 atom stereocenters. The van der Waals surface area contributed by atoms with Crippen molar-refractivity contribution in [2.45, 2.75) is 32.9 Å². The monoisotopic (exact) mass is 286 g/mol. The average Bonchev–Trinajstić information content (AvgIpc) is 2.87. The Labute approximate surface area is 115 Å². The first-order valence-electron chi connectivity index (χ1n) is 6.02. The van der Waals surface area contributed by atoms with Gasteiger partial charge in [-0.25, -0.2) is 0 Å². The average molecular weight is 286 g/mol. The number of hydrogen-bond donors (Lipinski definition) is 1. The molecule has 0 bridgehead atoms. The van der Waals surface area contributed by atoms with Gasteiger partial charge >= 0.3 is 11.0 Å². The van der Waals surface area contributed by atoms with Crippen LogP contribution in [0.4, 0.5) is 5.00 Å². The third-order valence-corrected chi connectivity index (χ3v) is 3.94. The molecule has 0 radical (unpaired) electrons. The topological polar surface area (TPSA) is 81.5 Å². The summed E-state index contributed by atoms with van der Waals surface area (Å²) in [6.45, 7) is 4.37. The van der Waals surface area contributed by atoms with Gasteiger partial charge in [0.05, 0.1) is 12.0 Å². The standard InChI is InChI=1S/C12H18N2O4S/c1-4-8(2)11(12(15)18-3)13-6-9-5-10(14(16)17)19-7-9/h5,7-8,11,13H,4,6H2,1-3H3. The summed E-state index contributed by atoms with van der Waals surface area (Å²) in [5.41, 5.74) is 0.800. The lowest BCUT2D eigenvalue weighted by atomic mass is 9.99. The molecule has 0 amide bonds. The van der Waals surface area contributed by atoms with Gasteiger partial charge in [0.2, 0.25) is 0 Å². The third kappa shape index (κ3) is 4.29. The summed E-state index contributed by atoms with van der Waals surface area (Å²) < 4.78 is 4.76. The van der Waals surface area contributed by atoms with Gasteiger partial charge in [-0.1, -0.05) is 31.6 Å². The molecule has 0 aromatic carbocycles. The first kappa shape index (κ1) is 15.6. The molecule has 0 aliphatic rings. The third-order valence-electron chi connectivity index (χ3n) is 3.01. The fourth-order valence-corrected chi connectivity index (χ4v) is 2.39. The molecule has 1 heterocycles. The fourth-order valence-electron chi connectivity index (χ4n) is 1.66. The molecule has 1 rings (SSSR count). The van der Waals surface area contributed by atoms with Gasteiger partial charge in [-0.15, -0.1) is 0 Å². The maximum Gasteiger partial charge on any atom is 0.324 e. The fraction of sp³-hybridized carbons (Fsp3) is 0.583. The van der Waals surface area contributed by atoms with Gasteiger partial charge < -0.3 is 10.1 Å². The van der Waals surface area contributed by atoms with E-state index in [4.69, 9.17) is 4.74 Å². The number of nitrogens with zero attached hydrogens (tertiary/aromatic N) is 1. The molecule has 1 aromatic rings. The zero-order valence-corrected chi connectivity index (χ0v) is 12.0. The second kappa shape index (κ2) is 7.20. The molecule has 0 saturated carbocycles. The Kier molecular flexibility index (Phi) is 5.91. The Morgan fingerprint density at radius 3 is 2.79 bits per heavy atom. The molecule has 0 fully saturated rings. The predicted octanol–water partition coefficient (Wildman–Crippen LogP) is 2.33. The first-order chi connectivity index (χ1) is 8.99. The van der Waals surface area contributed by atoms with E-state index in [1.165, 1.54) is 13.2 Å². The number of rotatable bonds is 7. The first-order valence-corrected chi connectivity index (χ1v) is 6.90. The van der Waals surface area contributed by atoms with E-state index in [1.807, 2.05) is 13.8 Å². The van der Waals surface area contributed by atoms with Crippen LogP contribution in [0, 0.1) is 16.0 Å². The van der Waals surface area contributed by atoms with Crippen molar-refractivity contribution < 1.29 is 14.5 Å². The van der Waals surface area contributed by atoms with Crippen molar-refractivity contribution in [1.82, 2.24) is 5.32 Å². The normalized spacial score (nSPS) is 13.8. The van der Waals surface area contributed by atoms with E-state index in [2.05, 4.69) is 5.32 Å². The zero-order chi connectivity index (χ0) is 14.4. The molecule has 19 heavy (non-hydrogen) atoms. The van der Waals surface area contributed by atoms with Gasteiger partial charge in [0.15, 0.2) is 0 Å². The van der Waals surface area contributed by atoms with Gasteiger partial charge in [-0.05, 0) is 11.5 Å². The van der Waals surface area contributed by atoms with Crippen LogP contribution in [0.1, 0.15) is 25.8 Å². The maximum absolute atomic E-state index is 11.7. The smallest absolute Gasteiger partial charge is 0.324 e. The van der Waals surface area contributed by atoms with Crippen LogP contribution in [0.5, 0.6) is 0 Å². The van der Waals surface area contributed by atoms with Crippen LogP contribution in [-0.2, 0) is 16.1 Å². The molecule has 2 unspecified atom stereocenters. The molecular formula is C12H18N2O4S. The molecular weight excluding hydrogens is 268 g/mol. The summed E-state index contributed by atoms with van der Waals surface area (Å²) in [6, 6.07) is 1.12. The van der Waals surface area contributed by atoms with E-state index in [-0.39, 0.29) is 16.9 Å². The van der Waals surface area contributed by atoms with Gasteiger partial charge in [0, 0.05) is 18.0 Å². The molecule has 0 saturated heterocycles. The van der Waals surface area contributed by atoms with Gasteiger partial charge in [-0.2, -0.15) is 0 Å². The van der Waals surface area contributed by atoms with E-state index in [0.717, 1.165) is 23.3 Å². The Balaban J connectivity index is 2.64. The van der Waals surface area contributed by atoms with Crippen molar-refractivity contribution in [3.05, 3.63) is 27.1 Å². The molecule has 106 valence electrons. The summed E-state index contributed by atoms with van der Waals surface area (Å²) in [5.74, 6) is -0.167. The molecule has 0 spiro atoms. The van der Waals surface area contributed by atoms with Crippen LogP contribution in [0.15, 0.2) is 11.4 Å². The van der Waals surface area contributed by atoms with Crippen LogP contribution >= 0.6 is 11.3 Å². The highest BCUT2D eigenvalue weighted by atomic mass is 32.1. The molecule has 1 aromatic heterocycles. The van der Waals surface area contributed by atoms with E-state index in [9.17, 15) is 14.9 Å². The van der Waals surface area contributed by atoms with Crippen molar-refractivity contribution in [1.29, 1.82) is 0 Å². The maximum atomic E-state index is 11.7. The number of nitrogens with one attached hydrogen (secondary N) is 1. The highest BCUT2D eigenvalue weighted by Gasteiger charge is 2.24. The zero-order valence-electron chi connectivity index (χ0n) is 11.2. The molecule has 6 nitrogen and oxygen atoms in total. The van der Waals surface area contributed by atoms with Crippen LogP contribution in [-0.4, -0.2) is 24.0 Å². The number of carbonyl (C=O) groups excluding carboxylic acids is 1. The van der Waals surface area contributed by atoms with E-state index in [0.29, 0.717) is 6.54 Å². The SMILES string of the molecule is CCC(C)C(NCc1csc([N+](=O)[O-])c1)C(=O)OC. The van der Waals surface area contributed by atoms with Crippen molar-refractivity contribution in [2.24, 2.45) is 5.92 Å². The Morgan fingerprint density at radius 2 is 2.32 bits per heavy atom. The van der Waals surface area contributed by atoms with E-state index < -0.39 is 11.0 Å². The minimum absolute atomic E-state index is 0.106. The minimum atomic E-state index is -0.416. The van der Waals surface area contributed by atoms with Crippen LogP contribution in [0.2, 0.25) is 0 Å². The van der Waals surface area contributed by atoms with Crippen molar-refractivity contribution in [3.63, 3.8) is 0 Å². The van der Waals surface area contributed by atoms with Crippen LogP contribution in [0.3, 0.4) is 0 Å². The van der Waals surface area contributed by atoms with Gasteiger partial charge in [0.1, 0.15) is 6.04 Å². The summed E-state index contributed by atoms with van der Waals surface area (Å²) >= 11 is 1.08. The minimum Gasteiger partial charge on any atom is -0.468 e. The van der Waals surface area contributed by atoms with Gasteiger partial charge in [0.25, 0.3) is 0 Å². The lowest BCUT2D eigenvalue weighted by Crippen LogP contribution is -2.42. The van der Waals surface area contributed by atoms with E-state index >= 15 is 0 Å². The van der Waals surface area contributed by atoms with Crippen LogP contribution < -0.4 is 5.32 Å². The van der Waals surface area contributed by atoms with Crippen LogP contribution in [0.25, 0.3) is 0 Å². The van der Waals surface area contributed by atoms with Crippen molar-refractivity contribution in [2.75, 3.05) is 7.11 Å². The second-order valence-corrected chi connectivity index (χ2v) is 5.21.